The molecule has 0 saturated carbocycles. The SMILES string of the molecule is CSC[C@H](NC(=O)[C@H](CC(=O)O)NC(=O)[C@H](CC(=O)O)NC(=O)Cc1ccc(CNC(=O)NCCCC[C@H](NC(=O)N[C@@H](CCC(=O)O)C(=O)O)C(=O)O)cc1)C(=O)O. The Morgan fingerprint density at radius 3 is 1.53 bits per heavy atom. The van der Waals surface area contributed by atoms with Crippen LogP contribution < -0.4 is 37.2 Å². The van der Waals surface area contributed by atoms with Crippen LogP contribution in [-0.2, 0) is 56.1 Å². The van der Waals surface area contributed by atoms with E-state index >= 15 is 0 Å². The van der Waals surface area contributed by atoms with Crippen molar-refractivity contribution in [1.82, 2.24) is 37.2 Å². The molecule has 7 amide bonds. The van der Waals surface area contributed by atoms with Crippen LogP contribution >= 0.6 is 11.8 Å². The quantitative estimate of drug-likeness (QED) is 0.0410. The van der Waals surface area contributed by atoms with E-state index in [-0.39, 0.29) is 38.1 Å². The Kier molecular flexibility index (Phi) is 22.4. The number of carbonyl (C=O) groups excluding carboxylic acids is 5. The molecule has 0 heterocycles. The normalized spacial score (nSPS) is 13.1. The number of amides is 7. The van der Waals surface area contributed by atoms with Gasteiger partial charge in [-0.05, 0) is 43.1 Å². The van der Waals surface area contributed by atoms with Crippen LogP contribution in [0.25, 0.3) is 0 Å². The molecule has 25 heteroatoms. The van der Waals surface area contributed by atoms with Crippen LogP contribution in [0, 0.1) is 0 Å². The maximum Gasteiger partial charge on any atom is 0.327 e. The lowest BCUT2D eigenvalue weighted by molar-refractivity contribution is -0.144. The number of urea groups is 2. The van der Waals surface area contributed by atoms with Gasteiger partial charge in [0.1, 0.15) is 30.2 Å². The Morgan fingerprint density at radius 1 is 0.542 bits per heavy atom. The third kappa shape index (κ3) is 21.4. The molecular weight excluding hydrogens is 810 g/mol. The van der Waals surface area contributed by atoms with Gasteiger partial charge in [-0.25, -0.2) is 24.0 Å². The lowest BCUT2D eigenvalue weighted by Gasteiger charge is -2.23. The van der Waals surface area contributed by atoms with Crippen LogP contribution in [0.5, 0.6) is 0 Å². The van der Waals surface area contributed by atoms with Crippen molar-refractivity contribution in [3.05, 3.63) is 35.4 Å². The summed E-state index contributed by atoms with van der Waals surface area (Å²) in [5.74, 6) is -11.9. The minimum absolute atomic E-state index is 0.0403. The van der Waals surface area contributed by atoms with E-state index in [0.29, 0.717) is 17.5 Å². The van der Waals surface area contributed by atoms with Crippen LogP contribution in [0.3, 0.4) is 0 Å². The number of carbonyl (C=O) groups is 11. The summed E-state index contributed by atoms with van der Waals surface area (Å²) >= 11 is 1.08. The van der Waals surface area contributed by atoms with Gasteiger partial charge in [-0.1, -0.05) is 24.3 Å². The molecule has 0 aliphatic carbocycles. The van der Waals surface area contributed by atoms with Gasteiger partial charge >= 0.3 is 47.9 Å². The smallest absolute Gasteiger partial charge is 0.327 e. The highest BCUT2D eigenvalue weighted by Gasteiger charge is 2.32. The molecule has 0 bridgehead atoms. The van der Waals surface area contributed by atoms with Crippen LogP contribution in [0.4, 0.5) is 9.59 Å². The lowest BCUT2D eigenvalue weighted by Crippen LogP contribution is -2.57. The molecule has 0 aromatic heterocycles. The minimum atomic E-state index is -1.80. The second-order valence-electron chi connectivity index (χ2n) is 12.7. The molecule has 13 N–H and O–H groups in total. The third-order valence-corrected chi connectivity index (χ3v) is 8.56. The summed E-state index contributed by atoms with van der Waals surface area (Å²) in [6.07, 6.45) is -1.19. The Hall–Kier alpha value is -6.66. The van der Waals surface area contributed by atoms with Crippen molar-refractivity contribution in [2.75, 3.05) is 18.6 Å². The summed E-state index contributed by atoms with van der Waals surface area (Å²) in [4.78, 5) is 131. The maximum absolute atomic E-state index is 13.0. The molecule has 326 valence electrons. The largest absolute Gasteiger partial charge is 0.481 e. The van der Waals surface area contributed by atoms with E-state index in [1.54, 1.807) is 18.4 Å². The summed E-state index contributed by atoms with van der Waals surface area (Å²) in [7, 11) is 0. The summed E-state index contributed by atoms with van der Waals surface area (Å²) in [5, 5.41) is 70.8. The first-order valence-electron chi connectivity index (χ1n) is 17.6. The Morgan fingerprint density at radius 2 is 1.03 bits per heavy atom. The fraction of sp³-hybridized carbons (Fsp3) is 0.500. The second kappa shape index (κ2) is 26.3. The molecule has 0 saturated heterocycles. The Bertz CT molecular complexity index is 1690. The first kappa shape index (κ1) is 50.4. The van der Waals surface area contributed by atoms with Gasteiger partial charge in [-0.2, -0.15) is 11.8 Å². The molecule has 24 nitrogen and oxygen atoms in total. The molecule has 5 atom stereocenters. The molecule has 0 aliphatic rings. The summed E-state index contributed by atoms with van der Waals surface area (Å²) in [6, 6.07) is -3.41. The van der Waals surface area contributed by atoms with Crippen molar-refractivity contribution in [1.29, 1.82) is 0 Å². The van der Waals surface area contributed by atoms with E-state index in [2.05, 4.69) is 31.9 Å². The molecule has 0 fully saturated rings. The minimum Gasteiger partial charge on any atom is -0.481 e. The van der Waals surface area contributed by atoms with E-state index in [1.165, 1.54) is 12.1 Å². The predicted octanol–water partition coefficient (Wildman–Crippen LogP) is -1.88. The van der Waals surface area contributed by atoms with E-state index < -0.39 is 121 Å². The third-order valence-electron chi connectivity index (χ3n) is 7.89. The topological polar surface area (TPSA) is 393 Å². The highest BCUT2D eigenvalue weighted by Crippen LogP contribution is 2.08. The number of benzene rings is 1. The molecular formula is C34H47N7O17S. The Labute approximate surface area is 339 Å². The monoisotopic (exact) mass is 857 g/mol. The first-order valence-corrected chi connectivity index (χ1v) is 19.0. The molecule has 1 rings (SSSR count). The molecule has 1 aromatic carbocycles. The summed E-state index contributed by atoms with van der Waals surface area (Å²) in [6.45, 7) is 0.158. The van der Waals surface area contributed by atoms with Gasteiger partial charge in [0.25, 0.3) is 0 Å². The fourth-order valence-electron chi connectivity index (χ4n) is 4.92. The molecule has 59 heavy (non-hydrogen) atoms. The molecule has 0 spiro atoms. The van der Waals surface area contributed by atoms with Crippen molar-refractivity contribution in [3.8, 4) is 0 Å². The van der Waals surface area contributed by atoms with Crippen LogP contribution in [-0.4, -0.2) is 145 Å². The van der Waals surface area contributed by atoms with Gasteiger partial charge in [0.05, 0.1) is 19.3 Å². The number of thioether (sulfide) groups is 1. The lowest BCUT2D eigenvalue weighted by atomic mass is 10.1. The maximum atomic E-state index is 13.0. The number of carboxylic acid groups (broad SMARTS) is 6. The number of nitrogens with one attached hydrogen (secondary N) is 7. The number of hydrogen-bond donors (Lipinski definition) is 13. The Balaban J connectivity index is 2.64. The van der Waals surface area contributed by atoms with Crippen molar-refractivity contribution in [3.63, 3.8) is 0 Å². The zero-order valence-electron chi connectivity index (χ0n) is 31.6. The number of aliphatic carboxylic acids is 6. The van der Waals surface area contributed by atoms with Crippen LogP contribution in [0.1, 0.15) is 56.1 Å². The van der Waals surface area contributed by atoms with E-state index in [4.69, 9.17) is 10.2 Å². The number of carboxylic acids is 6. The zero-order chi connectivity index (χ0) is 44.7. The highest BCUT2D eigenvalue weighted by molar-refractivity contribution is 7.98. The van der Waals surface area contributed by atoms with Gasteiger partial charge in [0, 0.05) is 25.3 Å². The molecule has 0 radical (unpaired) electrons. The van der Waals surface area contributed by atoms with Gasteiger partial charge in [0.2, 0.25) is 17.7 Å². The average molecular weight is 858 g/mol. The molecule has 1 aromatic rings. The average Bonchev–Trinajstić information content (AvgIpc) is 3.14. The van der Waals surface area contributed by atoms with E-state index in [9.17, 15) is 73.2 Å². The highest BCUT2D eigenvalue weighted by atomic mass is 32.2. The fourth-order valence-corrected chi connectivity index (χ4v) is 5.48. The number of unbranched alkanes of at least 4 members (excludes halogenated alkanes) is 1. The van der Waals surface area contributed by atoms with Crippen LogP contribution in [0.2, 0.25) is 0 Å². The molecule has 0 unspecified atom stereocenters. The van der Waals surface area contributed by atoms with Crippen molar-refractivity contribution >= 4 is 77.4 Å². The standard InChI is InChI=1S/C34H47N7O17S/c1-59-16-23(32(55)56)39-29(50)22(14-27(47)48)38-28(49)21(13-26(45)46)37-24(42)12-17-5-7-18(8-6-17)15-36-33(57)35-11-3-2-4-19(30(51)52)40-34(58)41-20(31(53)54)9-10-25(43)44/h5-8,19-23H,2-4,9-16H2,1H3,(H,37,42)(H,38,49)(H,39,50)(H,43,44)(H,45,46)(H,47,48)(H,51,52)(H,53,54)(H,55,56)(H2,35,36,57)(H2,40,41,58)/t19-,20-,21-,22-,23-/m0/s1. The van der Waals surface area contributed by atoms with Gasteiger partial charge in [-0.3, -0.25) is 28.8 Å². The summed E-state index contributed by atoms with van der Waals surface area (Å²) in [5.41, 5.74) is 1.01. The van der Waals surface area contributed by atoms with Crippen molar-refractivity contribution < 1.29 is 83.4 Å². The number of rotatable bonds is 28. The van der Waals surface area contributed by atoms with Crippen molar-refractivity contribution in [2.24, 2.45) is 0 Å². The van der Waals surface area contributed by atoms with Gasteiger partial charge in [-0.15, -0.1) is 0 Å². The number of hydrogen-bond acceptors (Lipinski definition) is 12. The van der Waals surface area contributed by atoms with Gasteiger partial charge in [0.15, 0.2) is 0 Å². The van der Waals surface area contributed by atoms with E-state index in [1.807, 2.05) is 5.32 Å². The molecule has 0 aliphatic heterocycles. The summed E-state index contributed by atoms with van der Waals surface area (Å²) < 4.78 is 0. The van der Waals surface area contributed by atoms with E-state index in [0.717, 1.165) is 11.8 Å². The zero-order valence-corrected chi connectivity index (χ0v) is 32.4. The second-order valence-corrected chi connectivity index (χ2v) is 13.6. The van der Waals surface area contributed by atoms with Gasteiger partial charge < -0.3 is 67.9 Å². The first-order chi connectivity index (χ1) is 27.7. The van der Waals surface area contributed by atoms with Crippen molar-refractivity contribution in [2.45, 2.75) is 88.1 Å². The predicted molar refractivity (Wildman–Crippen MR) is 202 cm³/mol. The van der Waals surface area contributed by atoms with Crippen LogP contribution in [0.15, 0.2) is 24.3 Å².